The standard InChI is InChI=1S/C12H18N4S2/c1-7-10-11(15(2)14-7)16(12(17)13-10)8-5-4-6-9(8)18-3/h8-9H,4-6H2,1-3H3,(H,13,17). The highest BCUT2D eigenvalue weighted by Gasteiger charge is 2.30. The molecule has 1 fully saturated rings. The Labute approximate surface area is 116 Å². The van der Waals surface area contributed by atoms with Crippen LogP contribution >= 0.6 is 24.0 Å². The van der Waals surface area contributed by atoms with E-state index in [1.807, 2.05) is 30.4 Å². The molecule has 18 heavy (non-hydrogen) atoms. The minimum absolute atomic E-state index is 0.510. The van der Waals surface area contributed by atoms with Crippen LogP contribution < -0.4 is 0 Å². The van der Waals surface area contributed by atoms with Crippen molar-refractivity contribution in [1.29, 1.82) is 0 Å². The zero-order valence-corrected chi connectivity index (χ0v) is 12.6. The van der Waals surface area contributed by atoms with Crippen LogP contribution in [-0.2, 0) is 7.05 Å². The Bertz CT molecular complexity index is 636. The molecular weight excluding hydrogens is 264 g/mol. The van der Waals surface area contributed by atoms with Crippen LogP contribution in [0.4, 0.5) is 0 Å². The number of fused-ring (bicyclic) bond motifs is 1. The zero-order chi connectivity index (χ0) is 12.9. The molecule has 2 atom stereocenters. The molecule has 2 aromatic rings. The van der Waals surface area contributed by atoms with Gasteiger partial charge in [-0.2, -0.15) is 16.9 Å². The molecule has 1 aliphatic carbocycles. The highest BCUT2D eigenvalue weighted by atomic mass is 32.2. The summed E-state index contributed by atoms with van der Waals surface area (Å²) in [5, 5.41) is 5.16. The number of rotatable bonds is 2. The maximum Gasteiger partial charge on any atom is 0.179 e. The monoisotopic (exact) mass is 282 g/mol. The van der Waals surface area contributed by atoms with Gasteiger partial charge in [-0.25, -0.2) is 0 Å². The van der Waals surface area contributed by atoms with Crippen LogP contribution in [-0.4, -0.2) is 30.8 Å². The maximum absolute atomic E-state index is 5.52. The molecule has 0 aromatic carbocycles. The first-order chi connectivity index (χ1) is 8.63. The van der Waals surface area contributed by atoms with Crippen molar-refractivity contribution in [2.45, 2.75) is 37.5 Å². The fourth-order valence-electron chi connectivity index (χ4n) is 3.12. The first-order valence-corrected chi connectivity index (χ1v) is 7.99. The first-order valence-electron chi connectivity index (χ1n) is 6.30. The fourth-order valence-corrected chi connectivity index (χ4v) is 4.41. The SMILES string of the molecule is CSC1CCCC1n1c(=S)[nH]c2c(C)nn(C)c21. The highest BCUT2D eigenvalue weighted by Crippen LogP contribution is 2.39. The lowest BCUT2D eigenvalue weighted by Gasteiger charge is -2.19. The molecule has 0 radical (unpaired) electrons. The van der Waals surface area contributed by atoms with E-state index in [0.29, 0.717) is 11.3 Å². The minimum Gasteiger partial charge on any atom is -0.328 e. The van der Waals surface area contributed by atoms with Gasteiger partial charge in [-0.1, -0.05) is 6.42 Å². The molecular formula is C12H18N4S2. The number of nitrogens with zero attached hydrogens (tertiary/aromatic N) is 3. The van der Waals surface area contributed by atoms with Crippen LogP contribution in [0.3, 0.4) is 0 Å². The van der Waals surface area contributed by atoms with Crippen molar-refractivity contribution >= 4 is 35.1 Å². The Kier molecular flexibility index (Phi) is 3.02. The Morgan fingerprint density at radius 1 is 1.44 bits per heavy atom. The number of hydrogen-bond donors (Lipinski definition) is 1. The summed E-state index contributed by atoms with van der Waals surface area (Å²) in [4.78, 5) is 3.32. The number of hydrogen-bond acceptors (Lipinski definition) is 3. The molecule has 98 valence electrons. The summed E-state index contributed by atoms with van der Waals surface area (Å²) < 4.78 is 5.08. The summed E-state index contributed by atoms with van der Waals surface area (Å²) in [6.45, 7) is 2.03. The molecule has 6 heteroatoms. The molecule has 2 aromatic heterocycles. The van der Waals surface area contributed by atoms with E-state index in [2.05, 4.69) is 20.9 Å². The molecule has 0 bridgehead atoms. The van der Waals surface area contributed by atoms with Crippen molar-refractivity contribution in [3.63, 3.8) is 0 Å². The Balaban J connectivity index is 2.22. The molecule has 1 N–H and O–H groups in total. The lowest BCUT2D eigenvalue weighted by molar-refractivity contribution is 0.523. The summed E-state index contributed by atoms with van der Waals surface area (Å²) in [5.41, 5.74) is 3.26. The third-order valence-electron chi connectivity index (χ3n) is 3.92. The average molecular weight is 282 g/mol. The van der Waals surface area contributed by atoms with Gasteiger partial charge >= 0.3 is 0 Å². The summed E-state index contributed by atoms with van der Waals surface area (Å²) in [6.07, 6.45) is 6.00. The van der Waals surface area contributed by atoms with Crippen molar-refractivity contribution in [3.05, 3.63) is 10.5 Å². The van der Waals surface area contributed by atoms with Gasteiger partial charge in [-0.15, -0.1) is 0 Å². The van der Waals surface area contributed by atoms with E-state index in [-0.39, 0.29) is 0 Å². The fraction of sp³-hybridized carbons (Fsp3) is 0.667. The Morgan fingerprint density at radius 2 is 2.22 bits per heavy atom. The Hall–Kier alpha value is -0.750. The van der Waals surface area contributed by atoms with Crippen LogP contribution in [0.15, 0.2) is 0 Å². The maximum atomic E-state index is 5.52. The predicted molar refractivity (Wildman–Crippen MR) is 78.8 cm³/mol. The van der Waals surface area contributed by atoms with Crippen LogP contribution in [0.2, 0.25) is 0 Å². The summed E-state index contributed by atoms with van der Waals surface area (Å²) >= 11 is 7.48. The molecule has 2 unspecified atom stereocenters. The van der Waals surface area contributed by atoms with Crippen LogP contribution in [0, 0.1) is 11.7 Å². The van der Waals surface area contributed by atoms with Gasteiger partial charge in [0, 0.05) is 18.3 Å². The van der Waals surface area contributed by atoms with Gasteiger partial charge in [0.25, 0.3) is 0 Å². The molecule has 1 aliphatic rings. The second-order valence-electron chi connectivity index (χ2n) is 4.98. The molecule has 1 saturated carbocycles. The summed E-state index contributed by atoms with van der Waals surface area (Å²) in [5.74, 6) is 0. The third-order valence-corrected chi connectivity index (χ3v) is 5.38. The van der Waals surface area contributed by atoms with Crippen molar-refractivity contribution < 1.29 is 0 Å². The lowest BCUT2D eigenvalue weighted by atomic mass is 10.2. The second kappa shape index (κ2) is 4.42. The number of nitrogens with one attached hydrogen (secondary N) is 1. The highest BCUT2D eigenvalue weighted by molar-refractivity contribution is 7.99. The van der Waals surface area contributed by atoms with Crippen molar-refractivity contribution in [1.82, 2.24) is 19.3 Å². The van der Waals surface area contributed by atoms with E-state index in [1.165, 1.54) is 19.3 Å². The largest absolute Gasteiger partial charge is 0.328 e. The van der Waals surface area contributed by atoms with E-state index < -0.39 is 0 Å². The van der Waals surface area contributed by atoms with Crippen LogP contribution in [0.5, 0.6) is 0 Å². The Morgan fingerprint density at radius 3 is 2.94 bits per heavy atom. The van der Waals surface area contributed by atoms with Gasteiger partial charge in [-0.3, -0.25) is 9.25 Å². The van der Waals surface area contributed by atoms with E-state index in [1.54, 1.807) is 0 Å². The molecule has 0 aliphatic heterocycles. The van der Waals surface area contributed by atoms with Gasteiger partial charge in [0.2, 0.25) is 0 Å². The average Bonchev–Trinajstić information content (AvgIpc) is 2.97. The van der Waals surface area contributed by atoms with Gasteiger partial charge < -0.3 is 4.98 Å². The van der Waals surface area contributed by atoms with Crippen molar-refractivity contribution in [3.8, 4) is 0 Å². The van der Waals surface area contributed by atoms with Crippen molar-refractivity contribution in [2.75, 3.05) is 6.26 Å². The topological polar surface area (TPSA) is 38.5 Å². The summed E-state index contributed by atoms with van der Waals surface area (Å²) in [7, 11) is 2.00. The van der Waals surface area contributed by atoms with Gasteiger partial charge in [0.05, 0.1) is 5.69 Å². The molecule has 0 spiro atoms. The number of aromatic amines is 1. The molecule has 2 heterocycles. The van der Waals surface area contributed by atoms with Gasteiger partial charge in [0.1, 0.15) is 5.52 Å². The molecule has 0 amide bonds. The van der Waals surface area contributed by atoms with Crippen LogP contribution in [0.1, 0.15) is 31.0 Å². The number of thioether (sulfide) groups is 1. The van der Waals surface area contributed by atoms with E-state index >= 15 is 0 Å². The first kappa shape index (κ1) is 12.3. The molecule has 4 nitrogen and oxygen atoms in total. The van der Waals surface area contributed by atoms with Gasteiger partial charge in [0.15, 0.2) is 10.4 Å². The van der Waals surface area contributed by atoms with Crippen LogP contribution in [0.25, 0.3) is 11.2 Å². The van der Waals surface area contributed by atoms with Crippen molar-refractivity contribution in [2.24, 2.45) is 7.05 Å². The van der Waals surface area contributed by atoms with Gasteiger partial charge in [-0.05, 0) is 38.2 Å². The number of aromatic nitrogens is 4. The summed E-state index contributed by atoms with van der Waals surface area (Å²) in [6, 6.07) is 0.510. The molecule has 0 saturated heterocycles. The number of imidazole rings is 1. The van der Waals surface area contributed by atoms with E-state index in [0.717, 1.165) is 21.6 Å². The minimum atomic E-state index is 0.510. The van der Waals surface area contributed by atoms with E-state index in [4.69, 9.17) is 12.2 Å². The third kappa shape index (κ3) is 1.66. The smallest absolute Gasteiger partial charge is 0.179 e. The normalized spacial score (nSPS) is 24.2. The lowest BCUT2D eigenvalue weighted by Crippen LogP contribution is -2.17. The quantitative estimate of drug-likeness (QED) is 0.860. The second-order valence-corrected chi connectivity index (χ2v) is 6.44. The number of aryl methyl sites for hydroxylation is 2. The van der Waals surface area contributed by atoms with E-state index in [9.17, 15) is 0 Å². The zero-order valence-electron chi connectivity index (χ0n) is 10.9. The number of H-pyrrole nitrogens is 1. The predicted octanol–water partition coefficient (Wildman–Crippen LogP) is 3.20. The molecule has 3 rings (SSSR count).